The van der Waals surface area contributed by atoms with Gasteiger partial charge in [0.05, 0.1) is 6.04 Å². The molecule has 2 aromatic heterocycles. The highest BCUT2D eigenvalue weighted by atomic mass is 16.5. The smallest absolute Gasteiger partial charge is 0.139 e. The Hall–Kier alpha value is -1.95. The maximum Gasteiger partial charge on any atom is 0.139 e. The molecule has 3 heterocycles. The van der Waals surface area contributed by atoms with Gasteiger partial charge in [0.1, 0.15) is 24.1 Å². The molecule has 0 saturated carbocycles. The minimum absolute atomic E-state index is 0.0322. The molecular weight excluding hydrogens is 242 g/mol. The molecule has 0 aromatic carbocycles. The van der Waals surface area contributed by atoms with Crippen LogP contribution in [0.2, 0.25) is 0 Å². The van der Waals surface area contributed by atoms with Crippen molar-refractivity contribution in [2.75, 3.05) is 11.9 Å². The molecule has 6 heteroatoms. The Labute approximate surface area is 111 Å². The van der Waals surface area contributed by atoms with Crippen LogP contribution in [0.1, 0.15) is 24.0 Å². The largest absolute Gasteiger partial charge is 0.368 e. The minimum atomic E-state index is -0.0322. The third-order valence-corrected chi connectivity index (χ3v) is 3.34. The van der Waals surface area contributed by atoms with E-state index in [4.69, 9.17) is 4.74 Å². The van der Waals surface area contributed by atoms with Gasteiger partial charge in [-0.05, 0) is 13.3 Å². The van der Waals surface area contributed by atoms with Crippen molar-refractivity contribution in [3.63, 3.8) is 0 Å². The molecular formula is C13H17N5O. The molecule has 6 nitrogen and oxygen atoms in total. The van der Waals surface area contributed by atoms with Crippen molar-refractivity contribution in [1.29, 1.82) is 0 Å². The Morgan fingerprint density at radius 3 is 3.00 bits per heavy atom. The van der Waals surface area contributed by atoms with Gasteiger partial charge in [0.25, 0.3) is 0 Å². The monoisotopic (exact) mass is 259 g/mol. The first kappa shape index (κ1) is 12.1. The molecule has 1 N–H and O–H groups in total. The van der Waals surface area contributed by atoms with Gasteiger partial charge >= 0.3 is 0 Å². The molecule has 2 aromatic rings. The van der Waals surface area contributed by atoms with Crippen molar-refractivity contribution in [2.45, 2.75) is 25.5 Å². The second kappa shape index (κ2) is 4.97. The summed E-state index contributed by atoms with van der Waals surface area (Å²) < 4.78 is 7.80. The van der Waals surface area contributed by atoms with Crippen molar-refractivity contribution in [2.24, 2.45) is 7.05 Å². The molecule has 0 spiro atoms. The molecule has 0 bridgehead atoms. The fraction of sp³-hybridized carbons (Fsp3) is 0.462. The zero-order valence-corrected chi connectivity index (χ0v) is 11.1. The molecule has 0 unspecified atom stereocenters. The minimum Gasteiger partial charge on any atom is -0.368 e. The van der Waals surface area contributed by atoms with E-state index in [2.05, 4.69) is 20.3 Å². The molecule has 1 fully saturated rings. The average Bonchev–Trinajstić information content (AvgIpc) is 2.98. The number of ether oxygens (including phenoxy) is 1. The average molecular weight is 259 g/mol. The van der Waals surface area contributed by atoms with Crippen LogP contribution >= 0.6 is 0 Å². The summed E-state index contributed by atoms with van der Waals surface area (Å²) in [5.74, 6) is 1.78. The van der Waals surface area contributed by atoms with E-state index in [-0.39, 0.29) is 12.1 Å². The van der Waals surface area contributed by atoms with Crippen LogP contribution in [0.3, 0.4) is 0 Å². The first-order chi connectivity index (χ1) is 9.24. The molecule has 1 aliphatic rings. The zero-order chi connectivity index (χ0) is 13.2. The van der Waals surface area contributed by atoms with Gasteiger partial charge in [0.15, 0.2) is 0 Å². The summed E-state index contributed by atoms with van der Waals surface area (Å²) in [5.41, 5.74) is 0.949. The topological polar surface area (TPSA) is 64.9 Å². The van der Waals surface area contributed by atoms with Crippen LogP contribution in [0, 0.1) is 6.92 Å². The number of imidazole rings is 1. The lowest BCUT2D eigenvalue weighted by Gasteiger charge is -2.20. The van der Waals surface area contributed by atoms with Crippen LogP contribution in [-0.2, 0) is 11.8 Å². The lowest BCUT2D eigenvalue weighted by atomic mass is 10.1. The van der Waals surface area contributed by atoms with Crippen molar-refractivity contribution < 1.29 is 4.74 Å². The Bertz CT molecular complexity index is 568. The third-order valence-electron chi connectivity index (χ3n) is 3.34. The van der Waals surface area contributed by atoms with Crippen LogP contribution in [0.5, 0.6) is 0 Å². The van der Waals surface area contributed by atoms with E-state index in [9.17, 15) is 0 Å². The Morgan fingerprint density at radius 1 is 1.37 bits per heavy atom. The highest BCUT2D eigenvalue weighted by Crippen LogP contribution is 2.29. The Balaban J connectivity index is 1.79. The van der Waals surface area contributed by atoms with E-state index in [1.165, 1.54) is 0 Å². The molecule has 1 saturated heterocycles. The van der Waals surface area contributed by atoms with Crippen molar-refractivity contribution in [3.05, 3.63) is 36.3 Å². The predicted molar refractivity (Wildman–Crippen MR) is 70.7 cm³/mol. The third kappa shape index (κ3) is 2.44. The van der Waals surface area contributed by atoms with E-state index < -0.39 is 0 Å². The summed E-state index contributed by atoms with van der Waals surface area (Å²) in [4.78, 5) is 12.7. The quantitative estimate of drug-likeness (QED) is 0.904. The van der Waals surface area contributed by atoms with Gasteiger partial charge in [-0.25, -0.2) is 15.0 Å². The molecule has 1 aliphatic heterocycles. The summed E-state index contributed by atoms with van der Waals surface area (Å²) in [6, 6.07) is 2.13. The summed E-state index contributed by atoms with van der Waals surface area (Å²) >= 11 is 0. The fourth-order valence-corrected chi connectivity index (χ4v) is 2.37. The number of hydrogen-bond acceptors (Lipinski definition) is 5. The fourth-order valence-electron chi connectivity index (χ4n) is 2.37. The van der Waals surface area contributed by atoms with Gasteiger partial charge in [-0.3, -0.25) is 0 Å². The molecule has 100 valence electrons. The second-order valence-electron chi connectivity index (χ2n) is 4.77. The summed E-state index contributed by atoms with van der Waals surface area (Å²) in [5, 5.41) is 3.42. The first-order valence-electron chi connectivity index (χ1n) is 6.38. The maximum absolute atomic E-state index is 5.80. The highest BCUT2D eigenvalue weighted by molar-refractivity contribution is 5.36. The van der Waals surface area contributed by atoms with Crippen LogP contribution in [0.25, 0.3) is 0 Å². The second-order valence-corrected chi connectivity index (χ2v) is 4.77. The Morgan fingerprint density at radius 2 is 2.26 bits per heavy atom. The number of aryl methyl sites for hydroxylation is 2. The van der Waals surface area contributed by atoms with Crippen LogP contribution in [-0.4, -0.2) is 32.2 Å². The van der Waals surface area contributed by atoms with E-state index >= 15 is 0 Å². The van der Waals surface area contributed by atoms with Crippen LogP contribution < -0.4 is 5.32 Å². The first-order valence-corrected chi connectivity index (χ1v) is 6.38. The molecule has 0 amide bonds. The number of anilines is 1. The van der Waals surface area contributed by atoms with Gasteiger partial charge in [0, 0.05) is 37.8 Å². The summed E-state index contributed by atoms with van der Waals surface area (Å²) in [6.45, 7) is 2.69. The SMILES string of the molecule is Cc1cc(N[C@H]2CCO[C@@H]2c2nccn2C)ncn1. The van der Waals surface area contributed by atoms with Gasteiger partial charge in [-0.1, -0.05) is 0 Å². The maximum atomic E-state index is 5.80. The van der Waals surface area contributed by atoms with E-state index in [1.54, 1.807) is 12.5 Å². The molecule has 19 heavy (non-hydrogen) atoms. The number of rotatable bonds is 3. The summed E-state index contributed by atoms with van der Waals surface area (Å²) in [6.07, 6.45) is 6.21. The predicted octanol–water partition coefficient (Wildman–Crippen LogP) is 1.46. The lowest BCUT2D eigenvalue weighted by Crippen LogP contribution is -2.25. The number of nitrogens with zero attached hydrogens (tertiary/aromatic N) is 4. The van der Waals surface area contributed by atoms with E-state index in [1.807, 2.05) is 30.8 Å². The molecule has 0 radical (unpaired) electrons. The van der Waals surface area contributed by atoms with Crippen molar-refractivity contribution >= 4 is 5.82 Å². The molecule has 3 rings (SSSR count). The number of aromatic nitrogens is 4. The standard InChI is InChI=1S/C13H17N5O/c1-9-7-11(16-8-15-9)17-10-3-6-19-12(10)13-14-4-5-18(13)2/h4-5,7-8,10,12H,3,6H2,1-2H3,(H,15,16,17)/t10-,12-/m0/s1. The van der Waals surface area contributed by atoms with E-state index in [0.717, 1.165) is 30.4 Å². The van der Waals surface area contributed by atoms with Crippen molar-refractivity contribution in [1.82, 2.24) is 19.5 Å². The number of nitrogens with one attached hydrogen (secondary N) is 1. The van der Waals surface area contributed by atoms with Crippen LogP contribution in [0.4, 0.5) is 5.82 Å². The summed E-state index contributed by atoms with van der Waals surface area (Å²) in [7, 11) is 1.98. The highest BCUT2D eigenvalue weighted by Gasteiger charge is 2.32. The zero-order valence-electron chi connectivity index (χ0n) is 11.1. The van der Waals surface area contributed by atoms with Gasteiger partial charge in [-0.15, -0.1) is 0 Å². The lowest BCUT2D eigenvalue weighted by molar-refractivity contribution is 0.0983. The van der Waals surface area contributed by atoms with E-state index in [0.29, 0.717) is 0 Å². The molecule has 0 aliphatic carbocycles. The van der Waals surface area contributed by atoms with Gasteiger partial charge in [0.2, 0.25) is 0 Å². The molecule has 2 atom stereocenters. The van der Waals surface area contributed by atoms with Crippen LogP contribution in [0.15, 0.2) is 24.8 Å². The van der Waals surface area contributed by atoms with Gasteiger partial charge in [-0.2, -0.15) is 0 Å². The normalized spacial score (nSPS) is 22.6. The Kier molecular flexibility index (Phi) is 3.16. The van der Waals surface area contributed by atoms with Gasteiger partial charge < -0.3 is 14.6 Å². The van der Waals surface area contributed by atoms with Crippen molar-refractivity contribution in [3.8, 4) is 0 Å². The number of hydrogen-bond donors (Lipinski definition) is 1.